The molecular weight excluding hydrogens is 314 g/mol. The summed E-state index contributed by atoms with van der Waals surface area (Å²) in [5, 5.41) is 12.5. The predicted molar refractivity (Wildman–Crippen MR) is 90.5 cm³/mol. The van der Waals surface area contributed by atoms with E-state index >= 15 is 0 Å². The minimum atomic E-state index is -1.02. The van der Waals surface area contributed by atoms with Crippen molar-refractivity contribution in [3.8, 4) is 0 Å². The van der Waals surface area contributed by atoms with Gasteiger partial charge in [0.1, 0.15) is 5.00 Å². The molecule has 122 valence electrons. The summed E-state index contributed by atoms with van der Waals surface area (Å²) in [6, 6.07) is 7.03. The molecule has 0 atom stereocenters. The monoisotopic (exact) mass is 333 g/mol. The Morgan fingerprint density at radius 3 is 2.43 bits per heavy atom. The van der Waals surface area contributed by atoms with Crippen LogP contribution in [0.2, 0.25) is 0 Å². The van der Waals surface area contributed by atoms with Crippen molar-refractivity contribution in [3.63, 3.8) is 0 Å². The standard InChI is InChI=1S/C17H19NO4S/c1-4-13-10(2)23-16(14(13)17(20)21)18-15(19)12-7-5-11(6-8-12)9-22-3/h5-8H,4,9H2,1-3H3,(H,18,19)(H,20,21). The largest absolute Gasteiger partial charge is 0.478 e. The average Bonchev–Trinajstić information content (AvgIpc) is 2.83. The second-order valence-electron chi connectivity index (χ2n) is 5.08. The number of carboxylic acids is 1. The van der Waals surface area contributed by atoms with Crippen molar-refractivity contribution in [2.45, 2.75) is 26.9 Å². The van der Waals surface area contributed by atoms with Crippen molar-refractivity contribution < 1.29 is 19.4 Å². The quantitative estimate of drug-likeness (QED) is 0.845. The van der Waals surface area contributed by atoms with Crippen LogP contribution in [0.15, 0.2) is 24.3 Å². The Hall–Kier alpha value is -2.18. The summed E-state index contributed by atoms with van der Waals surface area (Å²) >= 11 is 1.30. The zero-order valence-electron chi connectivity index (χ0n) is 13.3. The number of carbonyl (C=O) groups is 2. The van der Waals surface area contributed by atoms with Gasteiger partial charge in [0, 0.05) is 17.6 Å². The zero-order chi connectivity index (χ0) is 17.0. The molecule has 1 heterocycles. The average molecular weight is 333 g/mol. The van der Waals surface area contributed by atoms with Gasteiger partial charge in [-0.15, -0.1) is 11.3 Å². The maximum atomic E-state index is 12.3. The summed E-state index contributed by atoms with van der Waals surface area (Å²) in [6.07, 6.45) is 0.617. The fourth-order valence-electron chi connectivity index (χ4n) is 2.41. The maximum Gasteiger partial charge on any atom is 0.339 e. The van der Waals surface area contributed by atoms with Gasteiger partial charge in [0.15, 0.2) is 0 Å². The van der Waals surface area contributed by atoms with E-state index < -0.39 is 5.97 Å². The lowest BCUT2D eigenvalue weighted by molar-refractivity contribution is 0.0697. The van der Waals surface area contributed by atoms with Crippen LogP contribution in [0.4, 0.5) is 5.00 Å². The first-order valence-corrected chi connectivity index (χ1v) is 8.04. The molecule has 0 aliphatic rings. The normalized spacial score (nSPS) is 10.6. The van der Waals surface area contributed by atoms with E-state index in [0.717, 1.165) is 16.0 Å². The third-order valence-electron chi connectivity index (χ3n) is 3.53. The Bertz CT molecular complexity index is 719. The van der Waals surface area contributed by atoms with Crippen LogP contribution in [0.25, 0.3) is 0 Å². The number of carboxylic acid groups (broad SMARTS) is 1. The van der Waals surface area contributed by atoms with Gasteiger partial charge in [0.05, 0.1) is 12.2 Å². The molecule has 0 fully saturated rings. The van der Waals surface area contributed by atoms with Gasteiger partial charge in [-0.2, -0.15) is 0 Å². The van der Waals surface area contributed by atoms with Gasteiger partial charge in [-0.05, 0) is 36.6 Å². The second-order valence-corrected chi connectivity index (χ2v) is 6.31. The Morgan fingerprint density at radius 2 is 1.91 bits per heavy atom. The Kier molecular flexibility index (Phi) is 5.52. The van der Waals surface area contributed by atoms with Crippen LogP contribution in [0.5, 0.6) is 0 Å². The first-order valence-electron chi connectivity index (χ1n) is 7.22. The lowest BCUT2D eigenvalue weighted by Gasteiger charge is -2.06. The van der Waals surface area contributed by atoms with E-state index in [1.807, 2.05) is 26.0 Å². The van der Waals surface area contributed by atoms with Crippen molar-refractivity contribution in [3.05, 3.63) is 51.4 Å². The van der Waals surface area contributed by atoms with Crippen molar-refractivity contribution in [2.75, 3.05) is 12.4 Å². The number of methoxy groups -OCH3 is 1. The molecule has 0 saturated heterocycles. The highest BCUT2D eigenvalue weighted by atomic mass is 32.1. The first kappa shape index (κ1) is 17.2. The van der Waals surface area contributed by atoms with Gasteiger partial charge < -0.3 is 15.2 Å². The van der Waals surface area contributed by atoms with Crippen LogP contribution in [-0.2, 0) is 17.8 Å². The summed E-state index contributed by atoms with van der Waals surface area (Å²) in [5.74, 6) is -1.34. The summed E-state index contributed by atoms with van der Waals surface area (Å²) in [7, 11) is 1.61. The fraction of sp³-hybridized carbons (Fsp3) is 0.294. The molecule has 6 heteroatoms. The van der Waals surface area contributed by atoms with Crippen LogP contribution in [0.1, 0.15) is 43.6 Å². The second kappa shape index (κ2) is 7.39. The van der Waals surface area contributed by atoms with Crippen LogP contribution in [-0.4, -0.2) is 24.1 Å². The number of thiophene rings is 1. The van der Waals surface area contributed by atoms with E-state index in [9.17, 15) is 14.7 Å². The lowest BCUT2D eigenvalue weighted by Crippen LogP contribution is -2.14. The van der Waals surface area contributed by atoms with E-state index in [4.69, 9.17) is 4.74 Å². The van der Waals surface area contributed by atoms with Gasteiger partial charge in [-0.3, -0.25) is 4.79 Å². The summed E-state index contributed by atoms with van der Waals surface area (Å²) < 4.78 is 5.03. The van der Waals surface area contributed by atoms with Crippen molar-refractivity contribution in [1.82, 2.24) is 0 Å². The summed E-state index contributed by atoms with van der Waals surface area (Å²) in [4.78, 5) is 24.7. The number of ether oxygens (including phenoxy) is 1. The van der Waals surface area contributed by atoms with Crippen LogP contribution in [0, 0.1) is 6.92 Å². The fourth-order valence-corrected chi connectivity index (χ4v) is 3.55. The molecule has 2 N–H and O–H groups in total. The number of aryl methyl sites for hydroxylation is 1. The van der Waals surface area contributed by atoms with Gasteiger partial charge in [0.2, 0.25) is 0 Å². The molecule has 23 heavy (non-hydrogen) atoms. The molecule has 0 saturated carbocycles. The highest BCUT2D eigenvalue weighted by Gasteiger charge is 2.22. The van der Waals surface area contributed by atoms with Gasteiger partial charge >= 0.3 is 5.97 Å². The Morgan fingerprint density at radius 1 is 1.26 bits per heavy atom. The van der Waals surface area contributed by atoms with Crippen LogP contribution in [0.3, 0.4) is 0 Å². The highest BCUT2D eigenvalue weighted by molar-refractivity contribution is 7.16. The van der Waals surface area contributed by atoms with E-state index in [-0.39, 0.29) is 11.5 Å². The third-order valence-corrected chi connectivity index (χ3v) is 4.59. The van der Waals surface area contributed by atoms with Crippen molar-refractivity contribution in [2.24, 2.45) is 0 Å². The summed E-state index contributed by atoms with van der Waals surface area (Å²) in [5.41, 5.74) is 2.41. The summed E-state index contributed by atoms with van der Waals surface area (Å²) in [6.45, 7) is 4.25. The number of hydrogen-bond donors (Lipinski definition) is 2. The molecule has 0 aliphatic carbocycles. The molecule has 2 rings (SSSR count). The number of benzene rings is 1. The molecule has 0 bridgehead atoms. The number of hydrogen-bond acceptors (Lipinski definition) is 4. The number of anilines is 1. The molecular formula is C17H19NO4S. The number of aromatic carboxylic acids is 1. The van der Waals surface area contributed by atoms with Crippen LogP contribution >= 0.6 is 11.3 Å². The topological polar surface area (TPSA) is 75.6 Å². The van der Waals surface area contributed by atoms with Gasteiger partial charge in [-0.1, -0.05) is 19.1 Å². The number of rotatable bonds is 6. The van der Waals surface area contributed by atoms with E-state index in [1.54, 1.807) is 19.2 Å². The van der Waals surface area contributed by atoms with Crippen molar-refractivity contribution in [1.29, 1.82) is 0 Å². The minimum Gasteiger partial charge on any atom is -0.478 e. The number of carbonyl (C=O) groups excluding carboxylic acids is 1. The smallest absolute Gasteiger partial charge is 0.339 e. The van der Waals surface area contributed by atoms with Crippen molar-refractivity contribution >= 4 is 28.2 Å². The zero-order valence-corrected chi connectivity index (χ0v) is 14.1. The SMILES string of the molecule is CCc1c(C)sc(NC(=O)c2ccc(COC)cc2)c1C(=O)O. The maximum absolute atomic E-state index is 12.3. The molecule has 5 nitrogen and oxygen atoms in total. The molecule has 2 aromatic rings. The van der Waals surface area contributed by atoms with Gasteiger partial charge in [-0.25, -0.2) is 4.79 Å². The molecule has 0 aliphatic heterocycles. The molecule has 1 amide bonds. The van der Waals surface area contributed by atoms with E-state index in [0.29, 0.717) is 23.6 Å². The van der Waals surface area contributed by atoms with E-state index in [2.05, 4.69) is 5.32 Å². The third kappa shape index (κ3) is 3.78. The minimum absolute atomic E-state index is 0.194. The molecule has 0 spiro atoms. The predicted octanol–water partition coefficient (Wildman–Crippen LogP) is 3.72. The van der Waals surface area contributed by atoms with Gasteiger partial charge in [0.25, 0.3) is 5.91 Å². The molecule has 0 radical (unpaired) electrons. The van der Waals surface area contributed by atoms with Crippen LogP contribution < -0.4 is 5.32 Å². The number of nitrogens with one attached hydrogen (secondary N) is 1. The molecule has 1 aromatic heterocycles. The van der Waals surface area contributed by atoms with E-state index in [1.165, 1.54) is 11.3 Å². The number of amides is 1. The Labute approximate surface area is 138 Å². The first-order chi connectivity index (χ1) is 11.0. The lowest BCUT2D eigenvalue weighted by atomic mass is 10.1. The molecule has 1 aromatic carbocycles. The Balaban J connectivity index is 2.25. The molecule has 0 unspecified atom stereocenters. The highest BCUT2D eigenvalue weighted by Crippen LogP contribution is 2.33.